The average molecular weight is 323 g/mol. The van der Waals surface area contributed by atoms with Gasteiger partial charge < -0.3 is 14.0 Å². The van der Waals surface area contributed by atoms with Crippen molar-refractivity contribution in [1.29, 1.82) is 0 Å². The van der Waals surface area contributed by atoms with E-state index in [-0.39, 0.29) is 24.5 Å². The van der Waals surface area contributed by atoms with Crippen molar-refractivity contribution in [3.63, 3.8) is 0 Å². The molecule has 22 heavy (non-hydrogen) atoms. The number of esters is 2. The zero-order chi connectivity index (χ0) is 16.1. The molecule has 0 spiro atoms. The first-order chi connectivity index (χ1) is 10.6. The van der Waals surface area contributed by atoms with Gasteiger partial charge in [-0.3, -0.25) is 4.79 Å². The highest BCUT2D eigenvalue weighted by molar-refractivity contribution is 7.12. The van der Waals surface area contributed by atoms with E-state index in [9.17, 15) is 14.4 Å². The van der Waals surface area contributed by atoms with Crippen molar-refractivity contribution in [1.82, 2.24) is 5.16 Å². The van der Waals surface area contributed by atoms with Crippen LogP contribution in [-0.2, 0) is 9.47 Å². The third-order valence-electron chi connectivity index (χ3n) is 2.59. The molecular formula is C14H13NO6S. The molecule has 0 bridgehead atoms. The summed E-state index contributed by atoms with van der Waals surface area (Å²) in [7, 11) is 0. The van der Waals surface area contributed by atoms with Gasteiger partial charge in [-0.05, 0) is 25.3 Å². The molecule has 0 N–H and O–H groups in total. The van der Waals surface area contributed by atoms with Crippen LogP contribution in [-0.4, -0.2) is 36.1 Å². The largest absolute Gasteiger partial charge is 0.462 e. The lowest BCUT2D eigenvalue weighted by molar-refractivity contribution is 0.0445. The molecule has 0 aliphatic heterocycles. The number of hydrogen-bond acceptors (Lipinski definition) is 8. The number of ether oxygens (including phenoxy) is 2. The van der Waals surface area contributed by atoms with Crippen molar-refractivity contribution in [2.75, 3.05) is 13.2 Å². The Morgan fingerprint density at radius 3 is 2.45 bits per heavy atom. The predicted octanol–water partition coefficient (Wildman–Crippen LogP) is 2.32. The fourth-order valence-electron chi connectivity index (χ4n) is 1.70. The van der Waals surface area contributed by atoms with Crippen molar-refractivity contribution >= 4 is 29.1 Å². The summed E-state index contributed by atoms with van der Waals surface area (Å²) in [5.74, 6) is -2.67. The van der Waals surface area contributed by atoms with Crippen LogP contribution < -0.4 is 0 Å². The Morgan fingerprint density at radius 1 is 1.18 bits per heavy atom. The van der Waals surface area contributed by atoms with Gasteiger partial charge in [0.25, 0.3) is 5.76 Å². The molecule has 0 aromatic carbocycles. The van der Waals surface area contributed by atoms with Crippen LogP contribution in [0, 0.1) is 0 Å². The summed E-state index contributed by atoms with van der Waals surface area (Å²) in [6.45, 7) is 3.39. The van der Waals surface area contributed by atoms with Crippen LogP contribution in [0.1, 0.15) is 50.1 Å². The van der Waals surface area contributed by atoms with E-state index in [1.54, 1.807) is 31.4 Å². The molecule has 7 nitrogen and oxygen atoms in total. The van der Waals surface area contributed by atoms with E-state index in [0.29, 0.717) is 4.88 Å². The van der Waals surface area contributed by atoms with E-state index in [2.05, 4.69) is 5.16 Å². The molecule has 0 amide bonds. The first-order valence-electron chi connectivity index (χ1n) is 6.52. The first-order valence-corrected chi connectivity index (χ1v) is 7.40. The van der Waals surface area contributed by atoms with Crippen LogP contribution in [0.25, 0.3) is 0 Å². The predicted molar refractivity (Wildman–Crippen MR) is 76.2 cm³/mol. The Kier molecular flexibility index (Phi) is 5.05. The van der Waals surface area contributed by atoms with E-state index in [1.807, 2.05) is 0 Å². The lowest BCUT2D eigenvalue weighted by atomic mass is 10.1. The summed E-state index contributed by atoms with van der Waals surface area (Å²) in [5, 5.41) is 5.27. The normalized spacial score (nSPS) is 10.3. The minimum Gasteiger partial charge on any atom is -0.462 e. The molecule has 0 saturated heterocycles. The molecule has 2 rings (SSSR count). The molecule has 0 aliphatic rings. The zero-order valence-corrected chi connectivity index (χ0v) is 12.8. The minimum atomic E-state index is -0.872. The summed E-state index contributed by atoms with van der Waals surface area (Å²) in [6, 6.07) is 3.27. The number of rotatable bonds is 6. The Balaban J connectivity index is 2.48. The van der Waals surface area contributed by atoms with Gasteiger partial charge in [0.2, 0.25) is 5.78 Å². The van der Waals surface area contributed by atoms with Gasteiger partial charge in [-0.1, -0.05) is 11.2 Å². The third-order valence-corrected chi connectivity index (χ3v) is 3.46. The quantitative estimate of drug-likeness (QED) is 0.594. The molecule has 2 aromatic heterocycles. The van der Waals surface area contributed by atoms with Crippen LogP contribution in [0.3, 0.4) is 0 Å². The lowest BCUT2D eigenvalue weighted by Crippen LogP contribution is -2.15. The van der Waals surface area contributed by atoms with Gasteiger partial charge in [0.1, 0.15) is 5.56 Å². The van der Waals surface area contributed by atoms with Gasteiger partial charge in [0.05, 0.1) is 18.1 Å². The van der Waals surface area contributed by atoms with E-state index in [4.69, 9.17) is 14.0 Å². The maximum absolute atomic E-state index is 12.4. The summed E-state index contributed by atoms with van der Waals surface area (Å²) >= 11 is 1.19. The molecule has 0 radical (unpaired) electrons. The second kappa shape index (κ2) is 6.99. The molecule has 0 aliphatic carbocycles. The standard InChI is InChI=1S/C14H13NO6S/c1-3-19-13(17)9-10(11(16)8-6-5-7-22-8)15-21-12(9)14(18)20-4-2/h5-7H,3-4H2,1-2H3. The van der Waals surface area contributed by atoms with Crippen LogP contribution in [0.5, 0.6) is 0 Å². The summed E-state index contributed by atoms with van der Waals surface area (Å²) in [6.07, 6.45) is 0. The molecular weight excluding hydrogens is 310 g/mol. The SMILES string of the molecule is CCOC(=O)c1onc(C(=O)c2cccs2)c1C(=O)OCC. The summed E-state index contributed by atoms with van der Waals surface area (Å²) in [4.78, 5) is 36.6. The highest BCUT2D eigenvalue weighted by Gasteiger charge is 2.33. The van der Waals surface area contributed by atoms with Crippen molar-refractivity contribution in [3.8, 4) is 0 Å². The molecule has 2 aromatic rings. The molecule has 0 fully saturated rings. The fourth-order valence-corrected chi connectivity index (χ4v) is 2.36. The van der Waals surface area contributed by atoms with Crippen LogP contribution in [0.2, 0.25) is 0 Å². The van der Waals surface area contributed by atoms with E-state index in [0.717, 1.165) is 0 Å². The van der Waals surface area contributed by atoms with Crippen molar-refractivity contribution in [3.05, 3.63) is 39.4 Å². The maximum atomic E-state index is 12.4. The number of carbonyl (C=O) groups excluding carboxylic acids is 3. The zero-order valence-electron chi connectivity index (χ0n) is 12.0. The van der Waals surface area contributed by atoms with Gasteiger partial charge in [-0.15, -0.1) is 11.3 Å². The fraction of sp³-hybridized carbons (Fsp3) is 0.286. The summed E-state index contributed by atoms with van der Waals surface area (Å²) in [5.41, 5.74) is -0.567. The molecule has 2 heterocycles. The maximum Gasteiger partial charge on any atom is 0.378 e. The smallest absolute Gasteiger partial charge is 0.378 e. The minimum absolute atomic E-state index is 0.0823. The lowest BCUT2D eigenvalue weighted by Gasteiger charge is -2.03. The number of aromatic nitrogens is 1. The van der Waals surface area contributed by atoms with E-state index >= 15 is 0 Å². The van der Waals surface area contributed by atoms with Gasteiger partial charge in [-0.2, -0.15) is 0 Å². The monoisotopic (exact) mass is 323 g/mol. The Bertz CT molecular complexity index is 688. The molecule has 0 atom stereocenters. The molecule has 8 heteroatoms. The van der Waals surface area contributed by atoms with Gasteiger partial charge in [0.15, 0.2) is 5.69 Å². The van der Waals surface area contributed by atoms with E-state index in [1.165, 1.54) is 11.3 Å². The van der Waals surface area contributed by atoms with Crippen molar-refractivity contribution in [2.24, 2.45) is 0 Å². The summed E-state index contributed by atoms with van der Waals surface area (Å²) < 4.78 is 14.5. The van der Waals surface area contributed by atoms with Crippen LogP contribution in [0.4, 0.5) is 0 Å². The first kappa shape index (κ1) is 15.9. The number of hydrogen-bond donors (Lipinski definition) is 0. The second-order valence-electron chi connectivity index (χ2n) is 3.98. The second-order valence-corrected chi connectivity index (χ2v) is 4.93. The number of thiophene rings is 1. The Morgan fingerprint density at radius 2 is 1.86 bits per heavy atom. The average Bonchev–Trinajstić information content (AvgIpc) is 3.16. The Hall–Kier alpha value is -2.48. The number of nitrogens with zero attached hydrogens (tertiary/aromatic N) is 1. The van der Waals surface area contributed by atoms with Gasteiger partial charge >= 0.3 is 11.9 Å². The van der Waals surface area contributed by atoms with E-state index < -0.39 is 23.5 Å². The van der Waals surface area contributed by atoms with Crippen LogP contribution in [0.15, 0.2) is 22.0 Å². The highest BCUT2D eigenvalue weighted by Crippen LogP contribution is 2.22. The third kappa shape index (κ3) is 3.06. The van der Waals surface area contributed by atoms with Crippen molar-refractivity contribution < 1.29 is 28.4 Å². The molecule has 0 unspecified atom stereocenters. The Labute approximate surface area is 129 Å². The van der Waals surface area contributed by atoms with Crippen molar-refractivity contribution in [2.45, 2.75) is 13.8 Å². The topological polar surface area (TPSA) is 95.7 Å². The molecule has 0 saturated carbocycles. The molecule has 116 valence electrons. The van der Waals surface area contributed by atoms with Gasteiger partial charge in [-0.25, -0.2) is 9.59 Å². The highest BCUT2D eigenvalue weighted by atomic mass is 32.1. The van der Waals surface area contributed by atoms with Gasteiger partial charge in [0, 0.05) is 0 Å². The van der Waals surface area contributed by atoms with Crippen LogP contribution >= 0.6 is 11.3 Å². The number of carbonyl (C=O) groups is 3. The number of ketones is 1.